The minimum Gasteiger partial charge on any atom is -0.481 e. The Kier molecular flexibility index (Phi) is 9.64. The third-order valence-electron chi connectivity index (χ3n) is 13.1. The molecule has 0 aromatic heterocycles. The number of carboxylic acids is 1. The molecule has 0 aromatic carbocycles. The van der Waals surface area contributed by atoms with E-state index in [4.69, 9.17) is 4.74 Å². The Hall–Kier alpha value is -2.15. The average Bonchev–Trinajstić information content (AvgIpc) is 3.18. The number of allylic oxidation sites excluding steroid dienone is 4. The first-order valence-corrected chi connectivity index (χ1v) is 16.9. The Morgan fingerprint density at radius 3 is 2.23 bits per heavy atom. The van der Waals surface area contributed by atoms with Gasteiger partial charge in [0, 0.05) is 5.41 Å². The fourth-order valence-corrected chi connectivity index (χ4v) is 10.6. The van der Waals surface area contributed by atoms with Crippen molar-refractivity contribution in [2.45, 2.75) is 144 Å². The van der Waals surface area contributed by atoms with Gasteiger partial charge in [-0.2, -0.15) is 0 Å². The zero-order valence-corrected chi connectivity index (χ0v) is 28.8. The number of rotatable bonds is 10. The summed E-state index contributed by atoms with van der Waals surface area (Å²) in [6, 6.07) is 0. The number of esters is 2. The number of carbonyl (C=O) groups is 3. The maximum absolute atomic E-state index is 13.0. The van der Waals surface area contributed by atoms with Gasteiger partial charge in [0.05, 0.1) is 31.5 Å². The van der Waals surface area contributed by atoms with Crippen LogP contribution >= 0.6 is 0 Å². The van der Waals surface area contributed by atoms with E-state index in [1.807, 2.05) is 0 Å². The Labute approximate surface area is 265 Å². The molecule has 0 saturated heterocycles. The van der Waals surface area contributed by atoms with E-state index in [1.165, 1.54) is 19.6 Å². The molecule has 44 heavy (non-hydrogen) atoms. The fourth-order valence-electron chi connectivity index (χ4n) is 10.6. The number of aliphatic hydroxyl groups is 1. The molecule has 248 valence electrons. The molecule has 8 atom stereocenters. The largest absolute Gasteiger partial charge is 0.481 e. The van der Waals surface area contributed by atoms with Crippen molar-refractivity contribution in [1.29, 1.82) is 0 Å². The summed E-state index contributed by atoms with van der Waals surface area (Å²) in [5.74, 6) is -1.47. The lowest BCUT2D eigenvalue weighted by Gasteiger charge is -2.62. The van der Waals surface area contributed by atoms with Crippen molar-refractivity contribution in [3.05, 3.63) is 22.8 Å². The van der Waals surface area contributed by atoms with Crippen LogP contribution in [0.25, 0.3) is 0 Å². The first kappa shape index (κ1) is 34.7. The van der Waals surface area contributed by atoms with Crippen molar-refractivity contribution >= 4 is 17.9 Å². The zero-order valence-electron chi connectivity index (χ0n) is 28.8. The predicted molar refractivity (Wildman–Crippen MR) is 171 cm³/mol. The van der Waals surface area contributed by atoms with Crippen LogP contribution in [0.5, 0.6) is 0 Å². The highest BCUT2D eigenvalue weighted by Gasteiger charge is 2.64. The van der Waals surface area contributed by atoms with Crippen molar-refractivity contribution in [2.24, 2.45) is 39.4 Å². The van der Waals surface area contributed by atoms with Crippen LogP contribution in [-0.4, -0.2) is 46.9 Å². The van der Waals surface area contributed by atoms with Crippen molar-refractivity contribution in [1.82, 2.24) is 0 Å². The van der Waals surface area contributed by atoms with E-state index in [2.05, 4.69) is 59.3 Å². The summed E-state index contributed by atoms with van der Waals surface area (Å²) in [6.07, 6.45) is 10.7. The number of ether oxygens (including phenoxy) is 2. The second kappa shape index (κ2) is 12.2. The van der Waals surface area contributed by atoms with Gasteiger partial charge >= 0.3 is 17.9 Å². The molecule has 0 spiro atoms. The minimum absolute atomic E-state index is 0.00210. The van der Waals surface area contributed by atoms with Crippen molar-refractivity contribution in [2.75, 3.05) is 7.11 Å². The summed E-state index contributed by atoms with van der Waals surface area (Å²) in [4.78, 5) is 37.3. The van der Waals surface area contributed by atoms with Gasteiger partial charge in [-0.25, -0.2) is 0 Å². The van der Waals surface area contributed by atoms with Gasteiger partial charge in [0.2, 0.25) is 0 Å². The summed E-state index contributed by atoms with van der Waals surface area (Å²) < 4.78 is 10.7. The van der Waals surface area contributed by atoms with Gasteiger partial charge in [-0.05, 0) is 113 Å². The van der Waals surface area contributed by atoms with Crippen LogP contribution in [0.3, 0.4) is 0 Å². The van der Waals surface area contributed by atoms with E-state index >= 15 is 0 Å². The number of hydrogen-bond acceptors (Lipinski definition) is 6. The van der Waals surface area contributed by atoms with Crippen LogP contribution in [0, 0.1) is 39.4 Å². The normalized spacial score (nSPS) is 36.2. The minimum atomic E-state index is -1.52. The van der Waals surface area contributed by atoms with Crippen molar-refractivity contribution < 1.29 is 34.1 Å². The summed E-state index contributed by atoms with van der Waals surface area (Å²) in [6.45, 7) is 17.4. The van der Waals surface area contributed by atoms with E-state index in [9.17, 15) is 24.6 Å². The Balaban J connectivity index is 1.55. The third kappa shape index (κ3) is 6.03. The molecule has 7 nitrogen and oxygen atoms in total. The molecular formula is C37H58O7. The number of carbonyl (C=O) groups excluding carboxylic acids is 2. The monoisotopic (exact) mass is 614 g/mol. The van der Waals surface area contributed by atoms with E-state index < -0.39 is 23.5 Å². The maximum Gasteiger partial charge on any atom is 0.309 e. The van der Waals surface area contributed by atoms with Crippen LogP contribution in [0.15, 0.2) is 22.8 Å². The highest BCUT2D eigenvalue weighted by atomic mass is 16.5. The molecule has 2 N–H and O–H groups in total. The molecule has 2 fully saturated rings. The molecule has 0 aromatic rings. The number of hydrogen-bond donors (Lipinski definition) is 2. The second-order valence-corrected chi connectivity index (χ2v) is 16.4. The van der Waals surface area contributed by atoms with Crippen LogP contribution in [-0.2, 0) is 23.9 Å². The summed E-state index contributed by atoms with van der Waals surface area (Å²) in [5.41, 5.74) is 2.65. The Bertz CT molecular complexity index is 1210. The molecule has 0 amide bonds. The number of aliphatic carboxylic acids is 1. The standard InChI is InChI=1S/C37H58O7/c1-23(2)11-10-12-24(32(40)41)25-15-19-37(8)27-13-14-28-33(3,4)29(44-31(39)22-34(5,42)21-30(38)43-9)17-18-35(28,6)26(27)16-20-36(25,37)7/h11,24-25,28-29,42H,10,12-22H2,1-9H3,(H,40,41)/t24-,25-,28+,29+,34-,35-,36+,37-/m1/s1. The van der Waals surface area contributed by atoms with Crippen molar-refractivity contribution in [3.63, 3.8) is 0 Å². The first-order chi connectivity index (χ1) is 20.3. The molecule has 4 aliphatic carbocycles. The van der Waals surface area contributed by atoms with Gasteiger partial charge in [0.1, 0.15) is 6.10 Å². The molecule has 0 bridgehead atoms. The van der Waals surface area contributed by atoms with Gasteiger partial charge in [-0.3, -0.25) is 14.4 Å². The lowest BCUT2D eigenvalue weighted by molar-refractivity contribution is -0.174. The Morgan fingerprint density at radius 1 is 0.955 bits per heavy atom. The first-order valence-electron chi connectivity index (χ1n) is 16.9. The molecule has 0 heterocycles. The van der Waals surface area contributed by atoms with Crippen molar-refractivity contribution in [3.8, 4) is 0 Å². The molecular weight excluding hydrogens is 556 g/mol. The smallest absolute Gasteiger partial charge is 0.309 e. The van der Waals surface area contributed by atoms with E-state index in [0.717, 1.165) is 57.8 Å². The SMILES string of the molecule is COC(=O)C[C@@](C)(O)CC(=O)O[C@H]1CC[C@]2(C)C3=C(CC[C@H]2C1(C)C)[C@@]1(C)CC[C@H]([C@@H](CCC=C(C)C)C(=O)O)[C@]1(C)CC3. The fraction of sp³-hybridized carbons (Fsp3) is 0.811. The summed E-state index contributed by atoms with van der Waals surface area (Å²) in [7, 11) is 1.27. The zero-order chi connectivity index (χ0) is 32.9. The summed E-state index contributed by atoms with van der Waals surface area (Å²) >= 11 is 0. The number of carboxylic acid groups (broad SMARTS) is 1. The highest BCUT2D eigenvalue weighted by molar-refractivity contribution is 5.75. The van der Waals surface area contributed by atoms with Gasteiger partial charge < -0.3 is 19.7 Å². The van der Waals surface area contributed by atoms with Crippen LogP contribution in [0.4, 0.5) is 0 Å². The molecule has 2 saturated carbocycles. The molecule has 4 rings (SSSR count). The van der Waals surface area contributed by atoms with Gasteiger partial charge in [-0.15, -0.1) is 0 Å². The van der Waals surface area contributed by atoms with Crippen LogP contribution in [0.2, 0.25) is 0 Å². The van der Waals surface area contributed by atoms with Gasteiger partial charge in [-0.1, -0.05) is 57.4 Å². The van der Waals surface area contributed by atoms with E-state index in [1.54, 1.807) is 11.1 Å². The maximum atomic E-state index is 13.0. The molecule has 4 aliphatic rings. The summed E-state index contributed by atoms with van der Waals surface area (Å²) in [5, 5.41) is 21.0. The lowest BCUT2D eigenvalue weighted by Crippen LogP contribution is -2.56. The highest BCUT2D eigenvalue weighted by Crippen LogP contribution is 2.72. The van der Waals surface area contributed by atoms with E-state index in [0.29, 0.717) is 12.3 Å². The van der Waals surface area contributed by atoms with Gasteiger partial charge in [0.15, 0.2) is 0 Å². The topological polar surface area (TPSA) is 110 Å². The molecule has 7 heteroatoms. The second-order valence-electron chi connectivity index (χ2n) is 16.4. The molecule has 0 unspecified atom stereocenters. The van der Waals surface area contributed by atoms with Crippen LogP contribution in [0.1, 0.15) is 132 Å². The third-order valence-corrected chi connectivity index (χ3v) is 13.1. The quantitative estimate of drug-likeness (QED) is 0.191. The predicted octanol–water partition coefficient (Wildman–Crippen LogP) is 7.80. The number of fused-ring (bicyclic) bond motifs is 4. The van der Waals surface area contributed by atoms with E-state index in [-0.39, 0.29) is 52.4 Å². The molecule has 0 radical (unpaired) electrons. The molecule has 0 aliphatic heterocycles. The Morgan fingerprint density at radius 2 is 1.61 bits per heavy atom. The number of methoxy groups -OCH3 is 1. The van der Waals surface area contributed by atoms with Gasteiger partial charge in [0.25, 0.3) is 0 Å². The van der Waals surface area contributed by atoms with Crippen LogP contribution < -0.4 is 0 Å². The lowest BCUT2D eigenvalue weighted by atomic mass is 9.43. The average molecular weight is 615 g/mol.